The Morgan fingerprint density at radius 2 is 1.84 bits per heavy atom. The summed E-state index contributed by atoms with van der Waals surface area (Å²) in [5, 5.41) is 8.81. The Morgan fingerprint density at radius 1 is 1.08 bits per heavy atom. The van der Waals surface area contributed by atoms with E-state index >= 15 is 0 Å². The monoisotopic (exact) mass is 354 g/mol. The van der Waals surface area contributed by atoms with Crippen LogP contribution in [0.4, 0.5) is 27.8 Å². The second kappa shape index (κ2) is 6.50. The van der Waals surface area contributed by atoms with E-state index < -0.39 is 29.4 Å². The number of benzene rings is 1. The minimum absolute atomic E-state index is 0.137. The van der Waals surface area contributed by atoms with Gasteiger partial charge >= 0.3 is 6.18 Å². The van der Waals surface area contributed by atoms with Gasteiger partial charge in [0.1, 0.15) is 5.82 Å². The van der Waals surface area contributed by atoms with Crippen LogP contribution in [0.3, 0.4) is 0 Å². The minimum Gasteiger partial charge on any atom is -0.357 e. The topological polar surface area (TPSA) is 53.6 Å². The quantitative estimate of drug-likeness (QED) is 0.687. The molecular formula is C16H11F5N4. The number of alkyl halides is 3. The summed E-state index contributed by atoms with van der Waals surface area (Å²) in [5.41, 5.74) is -0.680. The van der Waals surface area contributed by atoms with Gasteiger partial charge in [-0.25, -0.2) is 13.8 Å². The molecule has 0 saturated carbocycles. The molecule has 1 unspecified atom stereocenters. The zero-order chi connectivity index (χ0) is 18.0. The predicted octanol–water partition coefficient (Wildman–Crippen LogP) is 4.30. The van der Waals surface area contributed by atoms with Crippen LogP contribution in [-0.4, -0.2) is 15.2 Å². The van der Waals surface area contributed by atoms with Crippen molar-refractivity contribution in [1.29, 1.82) is 0 Å². The molecule has 0 bridgehead atoms. The molecule has 0 saturated heterocycles. The normalized spacial score (nSPS) is 12.8. The van der Waals surface area contributed by atoms with Gasteiger partial charge in [-0.1, -0.05) is 18.2 Å². The van der Waals surface area contributed by atoms with E-state index in [4.69, 9.17) is 0 Å². The van der Waals surface area contributed by atoms with Gasteiger partial charge in [-0.3, -0.25) is 5.10 Å². The molecule has 3 aromatic rings. The van der Waals surface area contributed by atoms with Crippen LogP contribution in [0.15, 0.2) is 48.9 Å². The van der Waals surface area contributed by atoms with Gasteiger partial charge in [0.15, 0.2) is 11.6 Å². The van der Waals surface area contributed by atoms with Crippen molar-refractivity contribution < 1.29 is 22.0 Å². The molecule has 0 spiro atoms. The standard InChI is InChI=1S/C16H11F5N4/c17-10-5-13(18)15(22-8-10)25-14(9-6-23-24-7-9)11-3-1-2-4-12(11)16(19,20)21/h1-8,14H,(H,22,25)(H,23,24). The van der Waals surface area contributed by atoms with Crippen molar-refractivity contribution in [2.75, 3.05) is 5.32 Å². The van der Waals surface area contributed by atoms with Gasteiger partial charge < -0.3 is 5.32 Å². The first kappa shape index (κ1) is 16.9. The summed E-state index contributed by atoms with van der Waals surface area (Å²) in [6.45, 7) is 0. The molecule has 0 fully saturated rings. The summed E-state index contributed by atoms with van der Waals surface area (Å²) < 4.78 is 66.9. The van der Waals surface area contributed by atoms with Crippen molar-refractivity contribution in [3.05, 3.63) is 77.2 Å². The second-order valence-electron chi connectivity index (χ2n) is 5.18. The van der Waals surface area contributed by atoms with E-state index in [0.29, 0.717) is 11.6 Å². The second-order valence-corrected chi connectivity index (χ2v) is 5.18. The van der Waals surface area contributed by atoms with Crippen LogP contribution in [0.2, 0.25) is 0 Å². The first-order valence-electron chi connectivity index (χ1n) is 7.08. The summed E-state index contributed by atoms with van der Waals surface area (Å²) in [6.07, 6.45) is -1.14. The van der Waals surface area contributed by atoms with Gasteiger partial charge in [-0.15, -0.1) is 0 Å². The summed E-state index contributed by atoms with van der Waals surface area (Å²) in [5.74, 6) is -2.28. The number of anilines is 1. The van der Waals surface area contributed by atoms with Crippen LogP contribution < -0.4 is 5.32 Å². The van der Waals surface area contributed by atoms with Crippen LogP contribution in [-0.2, 0) is 6.18 Å². The Hall–Kier alpha value is -2.97. The van der Waals surface area contributed by atoms with Crippen LogP contribution >= 0.6 is 0 Å². The predicted molar refractivity (Wildman–Crippen MR) is 79.7 cm³/mol. The van der Waals surface area contributed by atoms with Gasteiger partial charge in [0.2, 0.25) is 0 Å². The molecule has 0 aliphatic rings. The minimum atomic E-state index is -4.60. The fraction of sp³-hybridized carbons (Fsp3) is 0.125. The van der Waals surface area contributed by atoms with Crippen molar-refractivity contribution in [3.63, 3.8) is 0 Å². The van der Waals surface area contributed by atoms with E-state index in [-0.39, 0.29) is 11.4 Å². The number of pyridine rings is 1. The highest BCUT2D eigenvalue weighted by molar-refractivity contribution is 5.47. The molecular weight excluding hydrogens is 343 g/mol. The smallest absolute Gasteiger partial charge is 0.357 e. The number of hydrogen-bond acceptors (Lipinski definition) is 3. The molecule has 2 heterocycles. The summed E-state index contributed by atoms with van der Waals surface area (Å²) >= 11 is 0. The molecule has 0 amide bonds. The lowest BCUT2D eigenvalue weighted by molar-refractivity contribution is -0.138. The number of hydrogen-bond donors (Lipinski definition) is 2. The summed E-state index contributed by atoms with van der Waals surface area (Å²) in [7, 11) is 0. The average Bonchev–Trinajstić information content (AvgIpc) is 3.07. The maximum Gasteiger partial charge on any atom is 0.416 e. The fourth-order valence-electron chi connectivity index (χ4n) is 2.42. The molecule has 2 aromatic heterocycles. The number of aromatic nitrogens is 3. The first-order valence-corrected chi connectivity index (χ1v) is 7.08. The first-order chi connectivity index (χ1) is 11.9. The van der Waals surface area contributed by atoms with Crippen LogP contribution in [0, 0.1) is 11.6 Å². The maximum atomic E-state index is 13.9. The molecule has 2 N–H and O–H groups in total. The van der Waals surface area contributed by atoms with Crippen LogP contribution in [0.1, 0.15) is 22.7 Å². The zero-order valence-corrected chi connectivity index (χ0v) is 12.5. The number of nitrogens with zero attached hydrogens (tertiary/aromatic N) is 2. The van der Waals surface area contributed by atoms with Gasteiger partial charge in [-0.05, 0) is 11.6 Å². The lowest BCUT2D eigenvalue weighted by atomic mass is 9.96. The Kier molecular flexibility index (Phi) is 4.39. The Bertz CT molecular complexity index is 861. The number of halogens is 5. The van der Waals surface area contributed by atoms with E-state index in [1.54, 1.807) is 0 Å². The third kappa shape index (κ3) is 3.59. The molecule has 25 heavy (non-hydrogen) atoms. The third-order valence-corrected chi connectivity index (χ3v) is 3.52. The van der Waals surface area contributed by atoms with E-state index in [1.807, 2.05) is 0 Å². The average molecular weight is 354 g/mol. The largest absolute Gasteiger partial charge is 0.416 e. The van der Waals surface area contributed by atoms with Crippen molar-refractivity contribution in [1.82, 2.24) is 15.2 Å². The van der Waals surface area contributed by atoms with Gasteiger partial charge in [0.05, 0.1) is 24.0 Å². The van der Waals surface area contributed by atoms with Gasteiger partial charge in [0, 0.05) is 17.8 Å². The number of H-pyrrole nitrogens is 1. The highest BCUT2D eigenvalue weighted by Crippen LogP contribution is 2.37. The van der Waals surface area contributed by atoms with E-state index in [9.17, 15) is 22.0 Å². The highest BCUT2D eigenvalue weighted by Gasteiger charge is 2.35. The Morgan fingerprint density at radius 3 is 2.48 bits per heavy atom. The zero-order valence-electron chi connectivity index (χ0n) is 12.5. The van der Waals surface area contributed by atoms with Crippen molar-refractivity contribution in [3.8, 4) is 0 Å². The lowest BCUT2D eigenvalue weighted by Gasteiger charge is -2.22. The molecule has 4 nitrogen and oxygen atoms in total. The van der Waals surface area contributed by atoms with E-state index in [2.05, 4.69) is 20.5 Å². The molecule has 0 aliphatic carbocycles. The lowest BCUT2D eigenvalue weighted by Crippen LogP contribution is -2.19. The van der Waals surface area contributed by atoms with E-state index in [1.165, 1.54) is 30.6 Å². The van der Waals surface area contributed by atoms with Crippen LogP contribution in [0.5, 0.6) is 0 Å². The number of rotatable bonds is 4. The number of nitrogens with one attached hydrogen (secondary N) is 2. The Balaban J connectivity index is 2.09. The van der Waals surface area contributed by atoms with Gasteiger partial charge in [0.25, 0.3) is 0 Å². The molecule has 0 radical (unpaired) electrons. The molecule has 0 aliphatic heterocycles. The third-order valence-electron chi connectivity index (χ3n) is 3.52. The maximum absolute atomic E-state index is 13.9. The van der Waals surface area contributed by atoms with E-state index in [0.717, 1.165) is 12.3 Å². The van der Waals surface area contributed by atoms with Crippen molar-refractivity contribution >= 4 is 5.82 Å². The molecule has 3 rings (SSSR count). The molecule has 9 heteroatoms. The van der Waals surface area contributed by atoms with Crippen molar-refractivity contribution in [2.45, 2.75) is 12.2 Å². The molecule has 130 valence electrons. The summed E-state index contributed by atoms with van der Waals surface area (Å²) in [6, 6.07) is 4.40. The number of aromatic amines is 1. The van der Waals surface area contributed by atoms with Crippen LogP contribution in [0.25, 0.3) is 0 Å². The van der Waals surface area contributed by atoms with Crippen molar-refractivity contribution in [2.24, 2.45) is 0 Å². The molecule has 1 atom stereocenters. The summed E-state index contributed by atoms with van der Waals surface area (Å²) in [4.78, 5) is 3.57. The fourth-order valence-corrected chi connectivity index (χ4v) is 2.42. The highest BCUT2D eigenvalue weighted by atomic mass is 19.4. The SMILES string of the molecule is Fc1cnc(NC(c2cn[nH]c2)c2ccccc2C(F)(F)F)c(F)c1. The Labute approximate surface area is 138 Å². The van der Waals surface area contributed by atoms with Gasteiger partial charge in [-0.2, -0.15) is 18.3 Å². The molecule has 1 aromatic carbocycles.